The summed E-state index contributed by atoms with van der Waals surface area (Å²) in [5.74, 6) is -10.3. The number of ether oxygens (including phenoxy) is 1. The lowest BCUT2D eigenvalue weighted by molar-refractivity contribution is -0.127. The summed E-state index contributed by atoms with van der Waals surface area (Å²) in [6.07, 6.45) is -1.00. The molecule has 4 nitrogen and oxygen atoms in total. The standard InChI is InChI=1S/C17H13F5N2O2/c1-23-17(25)11-7-24(9-4-2-3-5-10(9)26-11)6-8-12(18)14(20)16(22)15(21)13(8)19/h2-5,11H,6-7H2,1H3,(H,23,25)/t11-/m1/s1. The Morgan fingerprint density at radius 3 is 2.27 bits per heavy atom. The SMILES string of the molecule is CNC(=O)[C@H]1CN(Cc2c(F)c(F)c(F)c(F)c2F)c2ccccc2O1. The molecule has 0 aromatic heterocycles. The van der Waals surface area contributed by atoms with Crippen LogP contribution in [0.5, 0.6) is 5.75 Å². The van der Waals surface area contributed by atoms with Gasteiger partial charge in [0.25, 0.3) is 5.91 Å². The smallest absolute Gasteiger partial charge is 0.262 e. The van der Waals surface area contributed by atoms with Gasteiger partial charge in [-0.05, 0) is 12.1 Å². The first-order chi connectivity index (χ1) is 12.3. The Kier molecular flexibility index (Phi) is 4.71. The molecule has 1 amide bonds. The van der Waals surface area contributed by atoms with Gasteiger partial charge in [0.05, 0.1) is 12.2 Å². The van der Waals surface area contributed by atoms with E-state index in [0.29, 0.717) is 5.69 Å². The van der Waals surface area contributed by atoms with Gasteiger partial charge >= 0.3 is 0 Å². The largest absolute Gasteiger partial charge is 0.477 e. The second-order valence-corrected chi connectivity index (χ2v) is 5.62. The minimum Gasteiger partial charge on any atom is -0.477 e. The predicted molar refractivity (Wildman–Crippen MR) is 82.2 cm³/mol. The van der Waals surface area contributed by atoms with Crippen LogP contribution in [0.2, 0.25) is 0 Å². The maximum Gasteiger partial charge on any atom is 0.262 e. The van der Waals surface area contributed by atoms with E-state index in [0.717, 1.165) is 0 Å². The number of hydrogen-bond donors (Lipinski definition) is 1. The monoisotopic (exact) mass is 372 g/mol. The summed E-state index contributed by atoms with van der Waals surface area (Å²) in [5, 5.41) is 2.39. The molecule has 9 heteroatoms. The quantitative estimate of drug-likeness (QED) is 0.512. The average molecular weight is 372 g/mol. The second-order valence-electron chi connectivity index (χ2n) is 5.62. The number of anilines is 1. The number of nitrogens with one attached hydrogen (secondary N) is 1. The van der Waals surface area contributed by atoms with Crippen LogP contribution in [-0.4, -0.2) is 25.6 Å². The van der Waals surface area contributed by atoms with E-state index in [9.17, 15) is 26.7 Å². The zero-order valence-electron chi connectivity index (χ0n) is 13.5. The van der Waals surface area contributed by atoms with Crippen molar-refractivity contribution in [2.75, 3.05) is 18.5 Å². The number of benzene rings is 2. The highest BCUT2D eigenvalue weighted by Gasteiger charge is 2.33. The first kappa shape index (κ1) is 18.0. The van der Waals surface area contributed by atoms with E-state index in [4.69, 9.17) is 4.74 Å². The van der Waals surface area contributed by atoms with Crippen molar-refractivity contribution in [3.05, 3.63) is 58.9 Å². The van der Waals surface area contributed by atoms with E-state index in [2.05, 4.69) is 5.32 Å². The van der Waals surface area contributed by atoms with Crippen LogP contribution in [-0.2, 0) is 11.3 Å². The van der Waals surface area contributed by atoms with Crippen molar-refractivity contribution < 1.29 is 31.5 Å². The average Bonchev–Trinajstić information content (AvgIpc) is 2.67. The first-order valence-electron chi connectivity index (χ1n) is 7.57. The van der Waals surface area contributed by atoms with Crippen LogP contribution < -0.4 is 15.0 Å². The van der Waals surface area contributed by atoms with Gasteiger partial charge in [0, 0.05) is 19.2 Å². The molecule has 0 spiro atoms. The molecule has 1 N–H and O–H groups in total. The van der Waals surface area contributed by atoms with Crippen LogP contribution in [0.4, 0.5) is 27.6 Å². The first-order valence-corrected chi connectivity index (χ1v) is 7.57. The Morgan fingerprint density at radius 1 is 1.08 bits per heavy atom. The molecule has 1 aliphatic heterocycles. The van der Waals surface area contributed by atoms with Crippen LogP contribution in [0.25, 0.3) is 0 Å². The van der Waals surface area contributed by atoms with Crippen LogP contribution >= 0.6 is 0 Å². The maximum absolute atomic E-state index is 14.0. The van der Waals surface area contributed by atoms with Crippen molar-refractivity contribution in [3.63, 3.8) is 0 Å². The molecule has 2 aromatic carbocycles. The highest BCUT2D eigenvalue weighted by atomic mass is 19.2. The highest BCUT2D eigenvalue weighted by Crippen LogP contribution is 2.35. The summed E-state index contributed by atoms with van der Waals surface area (Å²) in [5.41, 5.74) is -0.606. The fourth-order valence-corrected chi connectivity index (χ4v) is 2.73. The van der Waals surface area contributed by atoms with Gasteiger partial charge in [-0.1, -0.05) is 12.1 Å². The van der Waals surface area contributed by atoms with E-state index in [1.54, 1.807) is 18.2 Å². The van der Waals surface area contributed by atoms with E-state index < -0.39 is 53.2 Å². The Hall–Kier alpha value is -2.84. The van der Waals surface area contributed by atoms with E-state index in [-0.39, 0.29) is 12.3 Å². The number of nitrogens with zero attached hydrogens (tertiary/aromatic N) is 1. The van der Waals surface area contributed by atoms with E-state index >= 15 is 0 Å². The van der Waals surface area contributed by atoms with Gasteiger partial charge in [-0.15, -0.1) is 0 Å². The molecule has 1 aliphatic rings. The molecule has 0 aliphatic carbocycles. The minimum atomic E-state index is -2.21. The summed E-state index contributed by atoms with van der Waals surface area (Å²) >= 11 is 0. The fraction of sp³-hybridized carbons (Fsp3) is 0.235. The molecule has 26 heavy (non-hydrogen) atoms. The van der Waals surface area contributed by atoms with Gasteiger partial charge in [-0.2, -0.15) is 0 Å². The molecule has 0 saturated heterocycles. The van der Waals surface area contributed by atoms with Crippen LogP contribution in [0.3, 0.4) is 0 Å². The Labute approximate surface area is 145 Å². The number of carbonyl (C=O) groups excluding carboxylic acids is 1. The molecule has 0 unspecified atom stereocenters. The Morgan fingerprint density at radius 2 is 1.65 bits per heavy atom. The topological polar surface area (TPSA) is 41.6 Å². The van der Waals surface area contributed by atoms with Crippen molar-refractivity contribution in [1.82, 2.24) is 5.32 Å². The lowest BCUT2D eigenvalue weighted by atomic mass is 10.1. The molecular weight excluding hydrogens is 359 g/mol. The Bertz CT molecular complexity index is 845. The van der Waals surface area contributed by atoms with Crippen molar-refractivity contribution in [2.24, 2.45) is 0 Å². The van der Waals surface area contributed by atoms with Gasteiger partial charge in [0.15, 0.2) is 29.4 Å². The van der Waals surface area contributed by atoms with Gasteiger partial charge in [0.1, 0.15) is 5.75 Å². The summed E-state index contributed by atoms with van der Waals surface area (Å²) < 4.78 is 73.6. The summed E-state index contributed by atoms with van der Waals surface area (Å²) in [6.45, 7) is -0.754. The van der Waals surface area contributed by atoms with Crippen LogP contribution in [0.1, 0.15) is 5.56 Å². The highest BCUT2D eigenvalue weighted by molar-refractivity contribution is 5.83. The minimum absolute atomic E-state index is 0.129. The fourth-order valence-electron chi connectivity index (χ4n) is 2.73. The number of para-hydroxylation sites is 2. The number of hydrogen-bond acceptors (Lipinski definition) is 3. The molecule has 1 heterocycles. The van der Waals surface area contributed by atoms with Gasteiger partial charge in [0.2, 0.25) is 5.82 Å². The van der Waals surface area contributed by atoms with Crippen molar-refractivity contribution in [1.29, 1.82) is 0 Å². The number of amides is 1. The number of rotatable bonds is 3. The number of likely N-dealkylation sites (N-methyl/N-ethyl adjacent to an activating group) is 1. The van der Waals surface area contributed by atoms with E-state index in [1.165, 1.54) is 18.0 Å². The second kappa shape index (κ2) is 6.81. The molecule has 138 valence electrons. The van der Waals surface area contributed by atoms with E-state index in [1.807, 2.05) is 0 Å². The molecule has 0 saturated carbocycles. The maximum atomic E-state index is 14.0. The number of fused-ring (bicyclic) bond motifs is 1. The number of halogens is 5. The third kappa shape index (κ3) is 2.93. The van der Waals surface area contributed by atoms with Gasteiger partial charge in [-0.25, -0.2) is 22.0 Å². The van der Waals surface area contributed by atoms with Gasteiger partial charge < -0.3 is 15.0 Å². The molecular formula is C17H13F5N2O2. The zero-order chi connectivity index (χ0) is 19.0. The summed E-state index contributed by atoms with van der Waals surface area (Å²) in [6, 6.07) is 6.34. The molecule has 1 atom stereocenters. The predicted octanol–water partition coefficient (Wildman–Crippen LogP) is 2.90. The summed E-state index contributed by atoms with van der Waals surface area (Å²) in [4.78, 5) is 13.2. The normalized spacial score (nSPS) is 16.1. The third-order valence-corrected chi connectivity index (χ3v) is 4.05. The number of carbonyl (C=O) groups is 1. The molecule has 0 fully saturated rings. The zero-order valence-corrected chi connectivity index (χ0v) is 13.5. The molecule has 0 bridgehead atoms. The molecule has 3 rings (SSSR count). The lowest BCUT2D eigenvalue weighted by Crippen LogP contribution is -2.48. The molecule has 0 radical (unpaired) electrons. The molecule has 2 aromatic rings. The summed E-state index contributed by atoms with van der Waals surface area (Å²) in [7, 11) is 1.39. The third-order valence-electron chi connectivity index (χ3n) is 4.05. The van der Waals surface area contributed by atoms with Crippen LogP contribution in [0.15, 0.2) is 24.3 Å². The van der Waals surface area contributed by atoms with Crippen LogP contribution in [0, 0.1) is 29.1 Å². The lowest BCUT2D eigenvalue weighted by Gasteiger charge is -2.35. The van der Waals surface area contributed by atoms with Gasteiger partial charge in [-0.3, -0.25) is 4.79 Å². The Balaban J connectivity index is 2.03. The van der Waals surface area contributed by atoms with Crippen molar-refractivity contribution >= 4 is 11.6 Å². The van der Waals surface area contributed by atoms with Crippen molar-refractivity contribution in [2.45, 2.75) is 12.6 Å². The van der Waals surface area contributed by atoms with Crippen molar-refractivity contribution in [3.8, 4) is 5.75 Å².